The van der Waals surface area contributed by atoms with E-state index in [2.05, 4.69) is 173 Å². The van der Waals surface area contributed by atoms with Crippen molar-refractivity contribution in [2.75, 3.05) is 0 Å². The summed E-state index contributed by atoms with van der Waals surface area (Å²) in [5.41, 5.74) is 18.5. The number of hydrogen-bond donors (Lipinski definition) is 0. The molecule has 2 aliphatic carbocycles. The number of benzene rings is 10. The molecule has 0 aromatic heterocycles. The Morgan fingerprint density at radius 1 is 0.317 bits per heavy atom. The predicted octanol–water partition coefficient (Wildman–Crippen LogP) is 16.1. The molecule has 0 radical (unpaired) electrons. The molecule has 0 N–H and O–H groups in total. The standard InChI is InChI=1S/C58H38N2/c1-31(2)43-21-33(29-59)17-19-37(43)45-23-53-54(55-27-49-41-15-7-11-35-9-5-13-39(57(35)41)47(49)25-51(45)55)24-46(38-20-18-34(30-60)22-44(38)32(3)4)52-26-48-40-14-6-10-36-12-8-16-42(58(36)40)50(48)28-56(52)53/h5-28,31-32H,1-4H3. The van der Waals surface area contributed by atoms with Crippen LogP contribution in [0.5, 0.6) is 0 Å². The van der Waals surface area contributed by atoms with E-state index in [0.29, 0.717) is 11.1 Å². The second kappa shape index (κ2) is 12.5. The highest BCUT2D eigenvalue weighted by Gasteiger charge is 2.28. The molecular weight excluding hydrogens is 725 g/mol. The predicted molar refractivity (Wildman–Crippen MR) is 251 cm³/mol. The summed E-state index contributed by atoms with van der Waals surface area (Å²) in [4.78, 5) is 0. The highest BCUT2D eigenvalue weighted by Crippen LogP contribution is 2.54. The molecule has 0 bridgehead atoms. The highest BCUT2D eigenvalue weighted by molar-refractivity contribution is 6.29. The quantitative estimate of drug-likeness (QED) is 0.168. The molecule has 2 heteroatoms. The van der Waals surface area contributed by atoms with Crippen LogP contribution < -0.4 is 0 Å². The fourth-order valence-corrected chi connectivity index (χ4v) is 10.8. The van der Waals surface area contributed by atoms with E-state index in [4.69, 9.17) is 0 Å². The Morgan fingerprint density at radius 3 is 0.967 bits per heavy atom. The van der Waals surface area contributed by atoms with Gasteiger partial charge in [0.2, 0.25) is 0 Å². The van der Waals surface area contributed by atoms with Crippen molar-refractivity contribution in [2.24, 2.45) is 0 Å². The second-order valence-electron chi connectivity index (χ2n) is 17.4. The average Bonchev–Trinajstić information content (AvgIpc) is 3.77. The molecule has 0 spiro atoms. The summed E-state index contributed by atoms with van der Waals surface area (Å²) in [6.45, 7) is 8.91. The molecule has 0 heterocycles. The molecule has 0 unspecified atom stereocenters. The summed E-state index contributed by atoms with van der Waals surface area (Å²) in [6.07, 6.45) is 0. The molecule has 0 saturated heterocycles. The number of nitrogens with zero attached hydrogens (tertiary/aromatic N) is 2. The van der Waals surface area contributed by atoms with Gasteiger partial charge in [0.1, 0.15) is 0 Å². The van der Waals surface area contributed by atoms with Crippen LogP contribution in [0.3, 0.4) is 0 Å². The first-order valence-electron chi connectivity index (χ1n) is 21.0. The van der Waals surface area contributed by atoms with Crippen LogP contribution in [0.4, 0.5) is 0 Å². The Balaban J connectivity index is 1.29. The van der Waals surface area contributed by atoms with Gasteiger partial charge in [-0.2, -0.15) is 10.5 Å². The summed E-state index contributed by atoms with van der Waals surface area (Å²) >= 11 is 0. The van der Waals surface area contributed by atoms with E-state index in [0.717, 1.165) is 11.1 Å². The maximum Gasteiger partial charge on any atom is 0.0991 e. The summed E-state index contributed by atoms with van der Waals surface area (Å²) < 4.78 is 0. The largest absolute Gasteiger partial charge is 0.192 e. The third-order valence-electron chi connectivity index (χ3n) is 13.5. The van der Waals surface area contributed by atoms with Crippen LogP contribution in [0.2, 0.25) is 0 Å². The molecule has 12 rings (SSSR count). The van der Waals surface area contributed by atoms with E-state index >= 15 is 0 Å². The summed E-state index contributed by atoms with van der Waals surface area (Å²) in [7, 11) is 0. The van der Waals surface area contributed by atoms with Crippen molar-refractivity contribution in [2.45, 2.75) is 39.5 Å². The van der Waals surface area contributed by atoms with E-state index in [9.17, 15) is 10.5 Å². The van der Waals surface area contributed by atoms with Gasteiger partial charge < -0.3 is 0 Å². The first-order valence-corrected chi connectivity index (χ1v) is 21.0. The van der Waals surface area contributed by atoms with E-state index in [-0.39, 0.29) is 11.8 Å². The Morgan fingerprint density at radius 2 is 0.633 bits per heavy atom. The van der Waals surface area contributed by atoms with E-state index in [1.54, 1.807) is 0 Å². The van der Waals surface area contributed by atoms with Gasteiger partial charge in [0.15, 0.2) is 0 Å². The van der Waals surface area contributed by atoms with E-state index in [1.807, 2.05) is 12.1 Å². The minimum Gasteiger partial charge on any atom is -0.192 e. The van der Waals surface area contributed by atoms with Gasteiger partial charge in [-0.25, -0.2) is 0 Å². The van der Waals surface area contributed by atoms with Crippen LogP contribution in [0.1, 0.15) is 61.8 Å². The maximum absolute atomic E-state index is 10.0. The number of nitriles is 2. The lowest BCUT2D eigenvalue weighted by Crippen LogP contribution is -1.97. The molecule has 0 aliphatic heterocycles. The highest BCUT2D eigenvalue weighted by atomic mass is 14.3. The monoisotopic (exact) mass is 762 g/mol. The van der Waals surface area contributed by atoms with Gasteiger partial charge in [-0.15, -0.1) is 0 Å². The zero-order chi connectivity index (χ0) is 40.6. The van der Waals surface area contributed by atoms with Gasteiger partial charge in [0.25, 0.3) is 0 Å². The van der Waals surface area contributed by atoms with Gasteiger partial charge in [-0.05, 0) is 204 Å². The summed E-state index contributed by atoms with van der Waals surface area (Å²) in [6, 6.07) is 58.7. The zero-order valence-corrected chi connectivity index (χ0v) is 33.9. The lowest BCUT2D eigenvalue weighted by Gasteiger charge is -2.22. The Hall–Kier alpha value is -7.52. The maximum atomic E-state index is 10.0. The van der Waals surface area contributed by atoms with Crippen LogP contribution >= 0.6 is 0 Å². The van der Waals surface area contributed by atoms with Crippen molar-refractivity contribution in [3.05, 3.63) is 168 Å². The first-order chi connectivity index (χ1) is 29.3. The van der Waals surface area contributed by atoms with Crippen LogP contribution in [0.25, 0.3) is 121 Å². The summed E-state index contributed by atoms with van der Waals surface area (Å²) in [5, 5.41) is 32.4. The number of fused-ring (bicyclic) bond motifs is 11. The molecule has 0 saturated carbocycles. The first kappa shape index (κ1) is 34.5. The third kappa shape index (κ3) is 4.68. The molecule has 2 aliphatic rings. The smallest absolute Gasteiger partial charge is 0.0991 e. The number of hydrogen-bond acceptors (Lipinski definition) is 2. The zero-order valence-electron chi connectivity index (χ0n) is 33.9. The SMILES string of the molecule is CC(C)c1cc(C#N)ccc1-c1cc2c3cc4c(cc3c(-c3ccc(C#N)cc3C(C)C)cc2c2cc3c(cc12)-c1cccc2cccc-3c12)-c1cccc2cccc-4c12. The Bertz CT molecular complexity index is 3420. The molecular formula is C58H38N2. The molecule has 0 amide bonds. The van der Waals surface area contributed by atoms with E-state index in [1.165, 1.54) is 121 Å². The fraction of sp³-hybridized carbons (Fsp3) is 0.103. The molecule has 10 aromatic carbocycles. The van der Waals surface area contributed by atoms with Crippen molar-refractivity contribution in [1.82, 2.24) is 0 Å². The molecule has 10 aromatic rings. The van der Waals surface area contributed by atoms with Crippen molar-refractivity contribution in [1.29, 1.82) is 10.5 Å². The van der Waals surface area contributed by atoms with Crippen molar-refractivity contribution in [3.8, 4) is 78.9 Å². The molecule has 60 heavy (non-hydrogen) atoms. The third-order valence-corrected chi connectivity index (χ3v) is 13.5. The van der Waals surface area contributed by atoms with Gasteiger partial charge in [0.05, 0.1) is 23.3 Å². The van der Waals surface area contributed by atoms with Crippen molar-refractivity contribution < 1.29 is 0 Å². The Kier molecular flexibility index (Phi) is 7.19. The average molecular weight is 763 g/mol. The molecule has 2 nitrogen and oxygen atoms in total. The van der Waals surface area contributed by atoms with Gasteiger partial charge >= 0.3 is 0 Å². The number of rotatable bonds is 4. The normalized spacial score (nSPS) is 12.3. The lowest BCUT2D eigenvalue weighted by molar-refractivity contribution is 0.868. The topological polar surface area (TPSA) is 47.6 Å². The van der Waals surface area contributed by atoms with E-state index < -0.39 is 0 Å². The summed E-state index contributed by atoms with van der Waals surface area (Å²) in [5.74, 6) is 0.414. The van der Waals surface area contributed by atoms with Gasteiger partial charge in [0, 0.05) is 0 Å². The minimum absolute atomic E-state index is 0.207. The van der Waals surface area contributed by atoms with Gasteiger partial charge in [-0.3, -0.25) is 0 Å². The minimum atomic E-state index is 0.207. The van der Waals surface area contributed by atoms with Crippen LogP contribution in [-0.4, -0.2) is 0 Å². The molecule has 0 fully saturated rings. The fourth-order valence-electron chi connectivity index (χ4n) is 10.8. The molecule has 280 valence electrons. The second-order valence-corrected chi connectivity index (χ2v) is 17.4. The van der Waals surface area contributed by atoms with Gasteiger partial charge in [-0.1, -0.05) is 113 Å². The van der Waals surface area contributed by atoms with Crippen molar-refractivity contribution >= 4 is 53.9 Å². The van der Waals surface area contributed by atoms with Crippen LogP contribution in [-0.2, 0) is 0 Å². The lowest BCUT2D eigenvalue weighted by atomic mass is 9.81. The van der Waals surface area contributed by atoms with Crippen LogP contribution in [0.15, 0.2) is 146 Å². The van der Waals surface area contributed by atoms with Crippen molar-refractivity contribution in [3.63, 3.8) is 0 Å². The molecule has 0 atom stereocenters. The Labute approximate surface area is 349 Å². The van der Waals surface area contributed by atoms with Crippen LogP contribution in [0, 0.1) is 22.7 Å².